The van der Waals surface area contributed by atoms with E-state index in [1.165, 1.54) is 5.56 Å². The maximum atomic E-state index is 5.43. The van der Waals surface area contributed by atoms with Gasteiger partial charge in [-0.05, 0) is 52.7 Å². The molecule has 0 saturated carbocycles. The lowest BCUT2D eigenvalue weighted by Crippen LogP contribution is -2.02. The number of nitrogens with zero attached hydrogens (tertiary/aromatic N) is 4. The Morgan fingerprint density at radius 1 is 1.04 bits per heavy atom. The lowest BCUT2D eigenvalue weighted by Gasteiger charge is -2.10. The van der Waals surface area contributed by atoms with E-state index in [1.54, 1.807) is 30.7 Å². The third kappa shape index (κ3) is 3.51. The second-order valence-corrected chi connectivity index (χ2v) is 6.13. The maximum Gasteiger partial charge on any atom is 0.214 e. The third-order valence-corrected chi connectivity index (χ3v) is 4.52. The van der Waals surface area contributed by atoms with Gasteiger partial charge in [-0.2, -0.15) is 4.68 Å². The van der Waals surface area contributed by atoms with Crippen molar-refractivity contribution in [1.82, 2.24) is 20.2 Å². The van der Waals surface area contributed by atoms with Crippen molar-refractivity contribution in [1.29, 1.82) is 0 Å². The van der Waals surface area contributed by atoms with Gasteiger partial charge in [0.05, 0.1) is 14.2 Å². The van der Waals surface area contributed by atoms with Gasteiger partial charge in [0, 0.05) is 5.75 Å². The fraction of sp³-hybridized carbons (Fsp3) is 0.235. The fourth-order valence-corrected chi connectivity index (χ4v) is 3.09. The zero-order valence-corrected chi connectivity index (χ0v) is 14.6. The molecular weight excluding hydrogens is 324 g/mol. The van der Waals surface area contributed by atoms with E-state index < -0.39 is 0 Å². The standard InChI is InChI=1S/C17H18N4O2S/c1-12-4-9-16(23-3)15(10-12)21-17(18-19-20-21)24-11-13-5-7-14(22-2)8-6-13/h4-10H,11H2,1-3H3. The average molecular weight is 342 g/mol. The highest BCUT2D eigenvalue weighted by Gasteiger charge is 2.13. The number of hydrogen-bond acceptors (Lipinski definition) is 6. The first-order valence-electron chi connectivity index (χ1n) is 7.40. The molecule has 6 nitrogen and oxygen atoms in total. The van der Waals surface area contributed by atoms with Crippen LogP contribution in [-0.4, -0.2) is 34.4 Å². The first-order chi connectivity index (χ1) is 11.7. The Labute approximate surface area is 144 Å². The van der Waals surface area contributed by atoms with Gasteiger partial charge in [-0.25, -0.2) is 0 Å². The largest absolute Gasteiger partial charge is 0.497 e. The van der Waals surface area contributed by atoms with Crippen LogP contribution < -0.4 is 9.47 Å². The van der Waals surface area contributed by atoms with E-state index >= 15 is 0 Å². The Kier molecular flexibility index (Phi) is 5.00. The minimum Gasteiger partial charge on any atom is -0.497 e. The normalized spacial score (nSPS) is 10.6. The van der Waals surface area contributed by atoms with E-state index in [0.717, 1.165) is 33.7 Å². The predicted octanol–water partition coefficient (Wildman–Crippen LogP) is 3.28. The molecule has 7 heteroatoms. The van der Waals surface area contributed by atoms with E-state index in [1.807, 2.05) is 49.4 Å². The zero-order valence-electron chi connectivity index (χ0n) is 13.8. The molecular formula is C17H18N4O2S. The third-order valence-electron chi connectivity index (χ3n) is 3.53. The van der Waals surface area contributed by atoms with Crippen LogP contribution in [0.5, 0.6) is 11.5 Å². The van der Waals surface area contributed by atoms with Crippen LogP contribution in [0.4, 0.5) is 0 Å². The van der Waals surface area contributed by atoms with Crippen molar-refractivity contribution in [3.8, 4) is 17.2 Å². The second-order valence-electron chi connectivity index (χ2n) is 5.19. The highest BCUT2D eigenvalue weighted by Crippen LogP contribution is 2.28. The first kappa shape index (κ1) is 16.3. The molecule has 1 heterocycles. The lowest BCUT2D eigenvalue weighted by atomic mass is 10.2. The van der Waals surface area contributed by atoms with Gasteiger partial charge in [-0.1, -0.05) is 30.0 Å². The second kappa shape index (κ2) is 7.35. The van der Waals surface area contributed by atoms with Crippen molar-refractivity contribution in [3.05, 3.63) is 53.6 Å². The monoisotopic (exact) mass is 342 g/mol. The zero-order chi connectivity index (χ0) is 16.9. The summed E-state index contributed by atoms with van der Waals surface area (Å²) >= 11 is 1.57. The minimum atomic E-state index is 0.717. The molecule has 0 aliphatic heterocycles. The van der Waals surface area contributed by atoms with Crippen LogP contribution in [0.2, 0.25) is 0 Å². The molecule has 0 fully saturated rings. The van der Waals surface area contributed by atoms with E-state index in [4.69, 9.17) is 9.47 Å². The summed E-state index contributed by atoms with van der Waals surface area (Å²) in [5.74, 6) is 2.34. The SMILES string of the molecule is COc1ccc(CSc2nnnn2-c2cc(C)ccc2OC)cc1. The smallest absolute Gasteiger partial charge is 0.214 e. The Balaban J connectivity index is 1.81. The number of ether oxygens (including phenoxy) is 2. The Bertz CT molecular complexity index is 818. The van der Waals surface area contributed by atoms with Gasteiger partial charge in [-0.15, -0.1) is 5.10 Å². The van der Waals surface area contributed by atoms with Gasteiger partial charge < -0.3 is 9.47 Å². The van der Waals surface area contributed by atoms with Gasteiger partial charge in [0.15, 0.2) is 0 Å². The predicted molar refractivity (Wildman–Crippen MR) is 93.0 cm³/mol. The van der Waals surface area contributed by atoms with E-state index in [0.29, 0.717) is 0 Å². The molecule has 0 aliphatic carbocycles. The van der Waals surface area contributed by atoms with E-state index in [2.05, 4.69) is 15.5 Å². The highest BCUT2D eigenvalue weighted by molar-refractivity contribution is 7.98. The Hall–Kier alpha value is -2.54. The van der Waals surface area contributed by atoms with E-state index in [-0.39, 0.29) is 0 Å². The number of tetrazole rings is 1. The van der Waals surface area contributed by atoms with Crippen LogP contribution in [0, 0.1) is 6.92 Å². The molecule has 0 aliphatic rings. The molecule has 0 saturated heterocycles. The average Bonchev–Trinajstić information content (AvgIpc) is 3.08. The number of aromatic nitrogens is 4. The molecule has 124 valence electrons. The fourth-order valence-electron chi connectivity index (χ4n) is 2.26. The number of rotatable bonds is 6. The number of aryl methyl sites for hydroxylation is 1. The summed E-state index contributed by atoms with van der Waals surface area (Å²) < 4.78 is 12.3. The molecule has 0 radical (unpaired) electrons. The van der Waals surface area contributed by atoms with Crippen LogP contribution in [0.25, 0.3) is 5.69 Å². The van der Waals surface area contributed by atoms with Crippen LogP contribution in [-0.2, 0) is 5.75 Å². The van der Waals surface area contributed by atoms with Gasteiger partial charge in [-0.3, -0.25) is 0 Å². The number of benzene rings is 2. The van der Waals surface area contributed by atoms with E-state index in [9.17, 15) is 0 Å². The van der Waals surface area contributed by atoms with Gasteiger partial charge >= 0.3 is 0 Å². The van der Waals surface area contributed by atoms with Crippen LogP contribution >= 0.6 is 11.8 Å². The molecule has 0 atom stereocenters. The first-order valence-corrected chi connectivity index (χ1v) is 8.39. The quantitative estimate of drug-likeness (QED) is 0.641. The summed E-state index contributed by atoms with van der Waals surface area (Å²) in [4.78, 5) is 0. The summed E-state index contributed by atoms with van der Waals surface area (Å²) in [6.45, 7) is 2.03. The maximum absolute atomic E-state index is 5.43. The van der Waals surface area contributed by atoms with Crippen LogP contribution in [0.15, 0.2) is 47.6 Å². The number of thioether (sulfide) groups is 1. The Morgan fingerprint density at radius 3 is 2.54 bits per heavy atom. The summed E-state index contributed by atoms with van der Waals surface area (Å²) in [6, 6.07) is 13.9. The van der Waals surface area contributed by atoms with Crippen molar-refractivity contribution in [3.63, 3.8) is 0 Å². The molecule has 3 aromatic rings. The molecule has 0 bridgehead atoms. The van der Waals surface area contributed by atoms with Gasteiger partial charge in [0.1, 0.15) is 17.2 Å². The molecule has 24 heavy (non-hydrogen) atoms. The summed E-state index contributed by atoms with van der Waals surface area (Å²) in [6.07, 6.45) is 0. The molecule has 0 spiro atoms. The topological polar surface area (TPSA) is 62.1 Å². The van der Waals surface area contributed by atoms with Gasteiger partial charge in [0.25, 0.3) is 0 Å². The highest BCUT2D eigenvalue weighted by atomic mass is 32.2. The molecule has 2 aromatic carbocycles. The molecule has 3 rings (SSSR count). The van der Waals surface area contributed by atoms with Crippen LogP contribution in [0.1, 0.15) is 11.1 Å². The summed E-state index contributed by atoms with van der Waals surface area (Å²) in [7, 11) is 3.30. The summed E-state index contributed by atoms with van der Waals surface area (Å²) in [5.41, 5.74) is 3.12. The van der Waals surface area contributed by atoms with Crippen molar-refractivity contribution in [2.45, 2.75) is 17.8 Å². The minimum absolute atomic E-state index is 0.717. The van der Waals surface area contributed by atoms with Crippen molar-refractivity contribution < 1.29 is 9.47 Å². The number of hydrogen-bond donors (Lipinski definition) is 0. The summed E-state index contributed by atoms with van der Waals surface area (Å²) in [5, 5.41) is 12.8. The van der Waals surface area contributed by atoms with Crippen molar-refractivity contribution in [2.24, 2.45) is 0 Å². The number of methoxy groups -OCH3 is 2. The molecule has 0 amide bonds. The Morgan fingerprint density at radius 2 is 1.83 bits per heavy atom. The van der Waals surface area contributed by atoms with Crippen LogP contribution in [0.3, 0.4) is 0 Å². The molecule has 0 N–H and O–H groups in total. The molecule has 1 aromatic heterocycles. The molecule has 0 unspecified atom stereocenters. The van der Waals surface area contributed by atoms with Crippen molar-refractivity contribution in [2.75, 3.05) is 14.2 Å². The van der Waals surface area contributed by atoms with Crippen molar-refractivity contribution >= 4 is 11.8 Å². The lowest BCUT2D eigenvalue weighted by molar-refractivity contribution is 0.410. The van der Waals surface area contributed by atoms with Gasteiger partial charge in [0.2, 0.25) is 5.16 Å².